The van der Waals surface area contributed by atoms with Crippen molar-refractivity contribution in [1.82, 2.24) is 15.0 Å². The molecule has 0 radical (unpaired) electrons. The van der Waals surface area contributed by atoms with Crippen molar-refractivity contribution in [3.63, 3.8) is 0 Å². The van der Waals surface area contributed by atoms with Gasteiger partial charge in [0.1, 0.15) is 0 Å². The Morgan fingerprint density at radius 2 is 0.812 bits per heavy atom. The Kier molecular flexibility index (Phi) is 6.38. The average Bonchev–Trinajstić information content (AvgIpc) is 3.61. The molecule has 0 fully saturated rings. The minimum atomic E-state index is -0.611. The van der Waals surface area contributed by atoms with Gasteiger partial charge in [-0.2, -0.15) is 0 Å². The van der Waals surface area contributed by atoms with E-state index < -0.39 is 5.41 Å². The number of hydrogen-bond acceptors (Lipinski definition) is 3. The monoisotopic (exact) mass is 615 g/mol. The Morgan fingerprint density at radius 1 is 0.375 bits per heavy atom. The van der Waals surface area contributed by atoms with E-state index in [2.05, 4.69) is 141 Å². The molecule has 7 aromatic rings. The Labute approximate surface area is 281 Å². The molecule has 9 rings (SSSR count). The van der Waals surface area contributed by atoms with Crippen LogP contribution in [0.1, 0.15) is 47.2 Å². The van der Waals surface area contributed by atoms with Crippen molar-refractivity contribution in [3.8, 4) is 34.2 Å². The Hall–Kier alpha value is -5.93. The van der Waals surface area contributed by atoms with Gasteiger partial charge in [0.15, 0.2) is 17.5 Å². The molecule has 0 aliphatic heterocycles. The molecule has 1 aromatic heterocycles. The Balaban J connectivity index is 1.42. The molecule has 0 unspecified atom stereocenters. The lowest BCUT2D eigenvalue weighted by molar-refractivity contribution is 0.703. The van der Waals surface area contributed by atoms with E-state index in [4.69, 9.17) is 15.0 Å². The molecule has 3 heteroatoms. The summed E-state index contributed by atoms with van der Waals surface area (Å²) >= 11 is 0. The van der Waals surface area contributed by atoms with Crippen LogP contribution in [0.15, 0.2) is 164 Å². The molecule has 3 nitrogen and oxygen atoms in total. The molecule has 1 heterocycles. The minimum absolute atomic E-state index is 0.214. The molecule has 0 spiro atoms. The number of hydrogen-bond donors (Lipinski definition) is 0. The molecule has 0 N–H and O–H groups in total. The van der Waals surface area contributed by atoms with Crippen LogP contribution < -0.4 is 0 Å². The molecule has 228 valence electrons. The first-order chi connectivity index (χ1) is 23.6. The van der Waals surface area contributed by atoms with Crippen molar-refractivity contribution >= 4 is 11.1 Å². The zero-order chi connectivity index (χ0) is 32.3. The van der Waals surface area contributed by atoms with Crippen molar-refractivity contribution < 1.29 is 0 Å². The summed E-state index contributed by atoms with van der Waals surface area (Å²) in [4.78, 5) is 15.6. The third-order valence-electron chi connectivity index (χ3n) is 10.2. The summed E-state index contributed by atoms with van der Waals surface area (Å²) in [6, 6.07) is 58.1. The fourth-order valence-electron chi connectivity index (χ4n) is 8.21. The van der Waals surface area contributed by atoms with E-state index >= 15 is 0 Å². The third-order valence-corrected chi connectivity index (χ3v) is 10.2. The fourth-order valence-corrected chi connectivity index (χ4v) is 8.21. The van der Waals surface area contributed by atoms with Gasteiger partial charge in [-0.1, -0.05) is 178 Å². The molecule has 6 aromatic carbocycles. The molecular weight excluding hydrogens is 583 g/mol. The van der Waals surface area contributed by atoms with Crippen LogP contribution in [0.25, 0.3) is 45.3 Å². The van der Waals surface area contributed by atoms with E-state index in [-0.39, 0.29) is 5.41 Å². The van der Waals surface area contributed by atoms with Gasteiger partial charge >= 0.3 is 0 Å². The summed E-state index contributed by atoms with van der Waals surface area (Å²) in [6.45, 7) is 4.75. The molecule has 48 heavy (non-hydrogen) atoms. The highest BCUT2D eigenvalue weighted by Crippen LogP contribution is 2.67. The second-order valence-corrected chi connectivity index (χ2v) is 13.2. The summed E-state index contributed by atoms with van der Waals surface area (Å²) < 4.78 is 0. The first-order valence-electron chi connectivity index (χ1n) is 16.6. The third kappa shape index (κ3) is 4.04. The summed E-state index contributed by atoms with van der Waals surface area (Å²) in [6.07, 6.45) is 0. The number of benzene rings is 6. The van der Waals surface area contributed by atoms with Gasteiger partial charge in [0.05, 0.1) is 5.41 Å². The van der Waals surface area contributed by atoms with Gasteiger partial charge in [-0.3, -0.25) is 0 Å². The van der Waals surface area contributed by atoms with E-state index in [9.17, 15) is 0 Å². The van der Waals surface area contributed by atoms with Crippen LogP contribution >= 0.6 is 0 Å². The lowest BCUT2D eigenvalue weighted by Crippen LogP contribution is -2.30. The van der Waals surface area contributed by atoms with E-state index in [1.165, 1.54) is 44.5 Å². The minimum Gasteiger partial charge on any atom is -0.208 e. The van der Waals surface area contributed by atoms with Crippen LogP contribution in [0.5, 0.6) is 0 Å². The summed E-state index contributed by atoms with van der Waals surface area (Å²) in [5.74, 6) is 1.99. The molecule has 0 saturated carbocycles. The highest BCUT2D eigenvalue weighted by atomic mass is 15.0. The molecule has 0 saturated heterocycles. The largest absolute Gasteiger partial charge is 0.208 e. The fraction of sp³-hybridized carbons (Fsp3) is 0.0889. The van der Waals surface area contributed by atoms with Crippen LogP contribution in [-0.2, 0) is 10.8 Å². The van der Waals surface area contributed by atoms with E-state index in [1.54, 1.807) is 0 Å². The summed E-state index contributed by atoms with van der Waals surface area (Å²) in [5, 5.41) is 0. The van der Waals surface area contributed by atoms with Gasteiger partial charge in [-0.25, -0.2) is 15.0 Å². The average molecular weight is 616 g/mol. The molecule has 0 atom stereocenters. The van der Waals surface area contributed by atoms with Gasteiger partial charge in [0.25, 0.3) is 0 Å². The molecule has 2 aliphatic carbocycles. The lowest BCUT2D eigenvalue weighted by Gasteiger charge is -2.37. The quantitative estimate of drug-likeness (QED) is 0.193. The van der Waals surface area contributed by atoms with Crippen LogP contribution in [0.2, 0.25) is 0 Å². The Bertz CT molecular complexity index is 2240. The van der Waals surface area contributed by atoms with Gasteiger partial charge in [0.2, 0.25) is 0 Å². The van der Waals surface area contributed by atoms with Gasteiger partial charge in [-0.15, -0.1) is 0 Å². The number of fused-ring (bicyclic) bond motifs is 4. The number of rotatable bonds is 5. The van der Waals surface area contributed by atoms with E-state index in [0.29, 0.717) is 17.5 Å². The normalized spacial score (nSPS) is 15.1. The maximum Gasteiger partial charge on any atom is 0.164 e. The van der Waals surface area contributed by atoms with Crippen molar-refractivity contribution in [2.45, 2.75) is 24.7 Å². The van der Waals surface area contributed by atoms with Crippen LogP contribution in [0.3, 0.4) is 0 Å². The summed E-state index contributed by atoms with van der Waals surface area (Å²) in [5.41, 5.74) is 12.4. The smallest absolute Gasteiger partial charge is 0.164 e. The van der Waals surface area contributed by atoms with Crippen LogP contribution in [-0.4, -0.2) is 15.0 Å². The lowest BCUT2D eigenvalue weighted by atomic mass is 9.64. The van der Waals surface area contributed by atoms with Crippen LogP contribution in [0, 0.1) is 0 Å². The maximum absolute atomic E-state index is 5.26. The number of nitrogens with zero attached hydrogens (tertiary/aromatic N) is 3. The number of aromatic nitrogens is 3. The Morgan fingerprint density at radius 3 is 1.38 bits per heavy atom. The second kappa shape index (κ2) is 10.8. The first-order valence-corrected chi connectivity index (χ1v) is 16.6. The molecule has 0 bridgehead atoms. The van der Waals surface area contributed by atoms with E-state index in [0.717, 1.165) is 16.7 Å². The second-order valence-electron chi connectivity index (χ2n) is 13.2. The van der Waals surface area contributed by atoms with Crippen molar-refractivity contribution in [2.24, 2.45) is 0 Å². The van der Waals surface area contributed by atoms with Crippen molar-refractivity contribution in [1.29, 1.82) is 0 Å². The van der Waals surface area contributed by atoms with Gasteiger partial charge < -0.3 is 0 Å². The van der Waals surface area contributed by atoms with Gasteiger partial charge in [0, 0.05) is 22.1 Å². The molecule has 2 aliphatic rings. The first kappa shape index (κ1) is 28.3. The topological polar surface area (TPSA) is 38.7 Å². The SMILES string of the molecule is CC1(C)C2=C(c3ccccc31)C(c1ccccc1)(c1ccccc1)c1c2cccc1-c1nc(-c2ccccc2)nc(-c2ccccc2)n1. The maximum atomic E-state index is 5.26. The van der Waals surface area contributed by atoms with Gasteiger partial charge in [-0.05, 0) is 44.5 Å². The molecule has 0 amide bonds. The standard InChI is InChI=1S/C45H33N3/c1-44(2)37-29-16-15-26-34(37)40-39(44)35-27-17-28-36(38(35)45(40,32-22-11-5-12-23-32)33-24-13-6-14-25-33)43-47-41(30-18-7-3-8-19-30)46-42(48-43)31-20-9-4-10-21-31/h3-29H,1-2H3. The van der Waals surface area contributed by atoms with Crippen molar-refractivity contribution in [2.75, 3.05) is 0 Å². The van der Waals surface area contributed by atoms with Crippen molar-refractivity contribution in [3.05, 3.63) is 197 Å². The zero-order valence-electron chi connectivity index (χ0n) is 26.9. The van der Waals surface area contributed by atoms with E-state index in [1.807, 2.05) is 36.4 Å². The number of allylic oxidation sites excluding steroid dienone is 2. The highest BCUT2D eigenvalue weighted by Gasteiger charge is 2.56. The predicted molar refractivity (Wildman–Crippen MR) is 195 cm³/mol. The highest BCUT2D eigenvalue weighted by molar-refractivity contribution is 6.14. The zero-order valence-corrected chi connectivity index (χ0v) is 26.9. The molecular formula is C45H33N3. The predicted octanol–water partition coefficient (Wildman–Crippen LogP) is 10.4. The van der Waals surface area contributed by atoms with Crippen LogP contribution in [0.4, 0.5) is 0 Å². The summed E-state index contributed by atoms with van der Waals surface area (Å²) in [7, 11) is 0.